The summed E-state index contributed by atoms with van der Waals surface area (Å²) >= 11 is 0. The second kappa shape index (κ2) is 8.10. The van der Waals surface area contributed by atoms with Crippen molar-refractivity contribution in [1.82, 2.24) is 10.2 Å². The zero-order valence-corrected chi connectivity index (χ0v) is 14.6. The van der Waals surface area contributed by atoms with Gasteiger partial charge in [-0.05, 0) is 32.3 Å². The van der Waals surface area contributed by atoms with Crippen molar-refractivity contribution in [3.8, 4) is 0 Å². The Morgan fingerprint density at radius 2 is 2.04 bits per heavy atom. The highest BCUT2D eigenvalue weighted by atomic mass is 16.5. The van der Waals surface area contributed by atoms with E-state index in [0.29, 0.717) is 13.2 Å². The first-order valence-electron chi connectivity index (χ1n) is 8.97. The van der Waals surface area contributed by atoms with E-state index in [1.165, 1.54) is 0 Å². The van der Waals surface area contributed by atoms with E-state index in [1.54, 1.807) is 0 Å². The van der Waals surface area contributed by atoms with Crippen LogP contribution in [0.4, 0.5) is 0 Å². The maximum atomic E-state index is 12.7. The summed E-state index contributed by atoms with van der Waals surface area (Å²) in [6.45, 7) is 6.65. The number of benzene rings is 1. The van der Waals surface area contributed by atoms with Gasteiger partial charge < -0.3 is 19.7 Å². The Labute approximate surface area is 144 Å². The van der Waals surface area contributed by atoms with Crippen LogP contribution in [0.25, 0.3) is 0 Å². The van der Waals surface area contributed by atoms with Crippen LogP contribution in [0.1, 0.15) is 38.4 Å². The fraction of sp³-hybridized carbons (Fsp3) is 0.632. The fourth-order valence-electron chi connectivity index (χ4n) is 3.74. The summed E-state index contributed by atoms with van der Waals surface area (Å²) in [7, 11) is 0. The van der Waals surface area contributed by atoms with Gasteiger partial charge in [-0.3, -0.25) is 4.79 Å². The summed E-state index contributed by atoms with van der Waals surface area (Å²) in [6, 6.07) is 10.3. The Balaban J connectivity index is 1.58. The standard InChI is InChI=1S/C19H28N2O3/c1-14-13-24-19(16-7-4-3-5-8-16)15(2)21(14)18(22)12-20-11-17-9-6-10-23-17/h3-5,7-8,14-15,17,19-20H,6,9-13H2,1-2H3. The van der Waals surface area contributed by atoms with Crippen LogP contribution in [0.2, 0.25) is 0 Å². The van der Waals surface area contributed by atoms with Crippen molar-refractivity contribution < 1.29 is 14.3 Å². The minimum Gasteiger partial charge on any atom is -0.377 e. The van der Waals surface area contributed by atoms with E-state index in [0.717, 1.165) is 31.6 Å². The Kier molecular flexibility index (Phi) is 5.87. The first-order valence-corrected chi connectivity index (χ1v) is 8.97. The van der Waals surface area contributed by atoms with Crippen molar-refractivity contribution in [1.29, 1.82) is 0 Å². The highest BCUT2D eigenvalue weighted by Crippen LogP contribution is 2.30. The van der Waals surface area contributed by atoms with E-state index in [-0.39, 0.29) is 30.2 Å². The SMILES string of the molecule is CC1COC(c2ccccc2)C(C)N1C(=O)CNCC1CCCO1. The van der Waals surface area contributed by atoms with E-state index in [4.69, 9.17) is 9.47 Å². The number of nitrogens with zero attached hydrogens (tertiary/aromatic N) is 1. The molecule has 2 aliphatic heterocycles. The number of nitrogens with one attached hydrogen (secondary N) is 1. The average molecular weight is 332 g/mol. The van der Waals surface area contributed by atoms with Gasteiger partial charge in [0.1, 0.15) is 6.10 Å². The minimum atomic E-state index is -0.0653. The lowest BCUT2D eigenvalue weighted by Crippen LogP contribution is -2.55. The maximum absolute atomic E-state index is 12.7. The molecule has 1 aromatic carbocycles. The summed E-state index contributed by atoms with van der Waals surface area (Å²) in [5.74, 6) is 0.136. The molecule has 0 radical (unpaired) electrons. The van der Waals surface area contributed by atoms with Gasteiger partial charge in [0.2, 0.25) is 5.91 Å². The Morgan fingerprint density at radius 3 is 2.75 bits per heavy atom. The van der Waals surface area contributed by atoms with Gasteiger partial charge in [-0.15, -0.1) is 0 Å². The van der Waals surface area contributed by atoms with E-state index < -0.39 is 0 Å². The molecule has 0 spiro atoms. The Bertz CT molecular complexity index is 531. The zero-order valence-electron chi connectivity index (χ0n) is 14.6. The van der Waals surface area contributed by atoms with Crippen LogP contribution in [-0.4, -0.2) is 55.3 Å². The van der Waals surface area contributed by atoms with Crippen molar-refractivity contribution in [2.45, 2.75) is 51.0 Å². The van der Waals surface area contributed by atoms with E-state index in [1.807, 2.05) is 23.1 Å². The predicted molar refractivity (Wildman–Crippen MR) is 92.7 cm³/mol. The molecule has 4 unspecified atom stereocenters. The Morgan fingerprint density at radius 1 is 1.25 bits per heavy atom. The molecule has 0 aromatic heterocycles. The van der Waals surface area contributed by atoms with Crippen molar-refractivity contribution in [2.75, 3.05) is 26.3 Å². The van der Waals surface area contributed by atoms with Gasteiger partial charge in [0.05, 0.1) is 31.3 Å². The Hall–Kier alpha value is -1.43. The summed E-state index contributed by atoms with van der Waals surface area (Å²) in [5.41, 5.74) is 1.13. The van der Waals surface area contributed by atoms with Crippen molar-refractivity contribution in [3.63, 3.8) is 0 Å². The van der Waals surface area contributed by atoms with Gasteiger partial charge in [0, 0.05) is 13.2 Å². The molecule has 2 saturated heterocycles. The summed E-state index contributed by atoms with van der Waals surface area (Å²) in [4.78, 5) is 14.7. The lowest BCUT2D eigenvalue weighted by atomic mass is 9.98. The third-order valence-corrected chi connectivity index (χ3v) is 4.96. The van der Waals surface area contributed by atoms with Crippen LogP contribution in [-0.2, 0) is 14.3 Å². The van der Waals surface area contributed by atoms with Crippen molar-refractivity contribution in [2.24, 2.45) is 0 Å². The lowest BCUT2D eigenvalue weighted by molar-refractivity contribution is -0.152. The molecular formula is C19H28N2O3. The summed E-state index contributed by atoms with van der Waals surface area (Å²) in [5, 5.41) is 3.26. The molecule has 0 bridgehead atoms. The summed E-state index contributed by atoms with van der Waals surface area (Å²) < 4.78 is 11.6. The monoisotopic (exact) mass is 332 g/mol. The first-order chi connectivity index (χ1) is 11.7. The molecule has 2 heterocycles. The van der Waals surface area contributed by atoms with Gasteiger partial charge in [-0.1, -0.05) is 30.3 Å². The van der Waals surface area contributed by atoms with E-state index in [2.05, 4.69) is 31.3 Å². The molecule has 5 heteroatoms. The third kappa shape index (κ3) is 3.97. The molecule has 0 aliphatic carbocycles. The second-order valence-electron chi connectivity index (χ2n) is 6.82. The third-order valence-electron chi connectivity index (χ3n) is 4.96. The topological polar surface area (TPSA) is 50.8 Å². The summed E-state index contributed by atoms with van der Waals surface area (Å²) in [6.07, 6.45) is 2.40. The molecule has 1 N–H and O–H groups in total. The van der Waals surface area contributed by atoms with Crippen molar-refractivity contribution >= 4 is 5.91 Å². The molecule has 0 saturated carbocycles. The molecule has 2 aliphatic rings. The number of carbonyl (C=O) groups is 1. The number of hydrogen-bond acceptors (Lipinski definition) is 4. The highest BCUT2D eigenvalue weighted by molar-refractivity contribution is 5.79. The number of hydrogen-bond donors (Lipinski definition) is 1. The normalized spacial score (nSPS) is 30.5. The van der Waals surface area contributed by atoms with Crippen LogP contribution in [0, 0.1) is 0 Å². The van der Waals surface area contributed by atoms with Gasteiger partial charge in [-0.25, -0.2) is 0 Å². The lowest BCUT2D eigenvalue weighted by Gasteiger charge is -2.44. The van der Waals surface area contributed by atoms with Gasteiger partial charge in [0.25, 0.3) is 0 Å². The molecule has 2 fully saturated rings. The number of rotatable bonds is 5. The van der Waals surface area contributed by atoms with Crippen LogP contribution in [0.3, 0.4) is 0 Å². The molecule has 1 aromatic rings. The predicted octanol–water partition coefficient (Wildman–Crippen LogP) is 2.13. The molecule has 4 atom stereocenters. The van der Waals surface area contributed by atoms with E-state index in [9.17, 15) is 4.79 Å². The molecule has 24 heavy (non-hydrogen) atoms. The zero-order chi connectivity index (χ0) is 16.9. The van der Waals surface area contributed by atoms with Crippen LogP contribution in [0.15, 0.2) is 30.3 Å². The molecule has 1 amide bonds. The second-order valence-corrected chi connectivity index (χ2v) is 6.82. The van der Waals surface area contributed by atoms with Crippen LogP contribution < -0.4 is 5.32 Å². The first kappa shape index (κ1) is 17.4. The highest BCUT2D eigenvalue weighted by Gasteiger charge is 2.36. The van der Waals surface area contributed by atoms with Gasteiger partial charge in [-0.2, -0.15) is 0 Å². The van der Waals surface area contributed by atoms with Crippen LogP contribution in [0.5, 0.6) is 0 Å². The largest absolute Gasteiger partial charge is 0.377 e. The quantitative estimate of drug-likeness (QED) is 0.897. The number of ether oxygens (including phenoxy) is 2. The van der Waals surface area contributed by atoms with Crippen molar-refractivity contribution in [3.05, 3.63) is 35.9 Å². The molecule has 132 valence electrons. The molecule has 5 nitrogen and oxygen atoms in total. The van der Waals surface area contributed by atoms with Crippen LogP contribution >= 0.6 is 0 Å². The average Bonchev–Trinajstić information content (AvgIpc) is 3.09. The number of carbonyl (C=O) groups excluding carboxylic acids is 1. The number of morpholine rings is 1. The maximum Gasteiger partial charge on any atom is 0.237 e. The molecule has 3 rings (SSSR count). The van der Waals surface area contributed by atoms with Gasteiger partial charge in [0.15, 0.2) is 0 Å². The van der Waals surface area contributed by atoms with E-state index >= 15 is 0 Å². The van der Waals surface area contributed by atoms with Gasteiger partial charge >= 0.3 is 0 Å². The minimum absolute atomic E-state index is 0.0215. The smallest absolute Gasteiger partial charge is 0.237 e. The fourth-order valence-corrected chi connectivity index (χ4v) is 3.74. The number of amides is 1. The molecular weight excluding hydrogens is 304 g/mol.